The predicted molar refractivity (Wildman–Crippen MR) is 107 cm³/mol. The molecule has 0 bridgehead atoms. The van der Waals surface area contributed by atoms with Crippen LogP contribution in [0.25, 0.3) is 0 Å². The Bertz CT molecular complexity index is 994. The van der Waals surface area contributed by atoms with Gasteiger partial charge in [-0.05, 0) is 43.7 Å². The molecule has 1 aliphatic heterocycles. The monoisotopic (exact) mass is 422 g/mol. The molecule has 0 unspecified atom stereocenters. The van der Waals surface area contributed by atoms with Crippen molar-refractivity contribution in [2.75, 3.05) is 23.8 Å². The van der Waals surface area contributed by atoms with Gasteiger partial charge in [0, 0.05) is 6.07 Å². The van der Waals surface area contributed by atoms with E-state index in [9.17, 15) is 17.6 Å². The Hall–Kier alpha value is -2.81. The molecule has 0 fully saturated rings. The molecule has 3 rings (SSSR count). The number of sulfonamides is 1. The Morgan fingerprint density at radius 3 is 2.31 bits per heavy atom. The first kappa shape index (κ1) is 20.9. The number of anilines is 1. The van der Waals surface area contributed by atoms with Gasteiger partial charge in [-0.25, -0.2) is 12.8 Å². The quantitative estimate of drug-likeness (QED) is 0.774. The molecule has 0 spiro atoms. The van der Waals surface area contributed by atoms with Gasteiger partial charge < -0.3 is 14.8 Å². The second-order valence-corrected chi connectivity index (χ2v) is 8.70. The summed E-state index contributed by atoms with van der Waals surface area (Å²) in [5.74, 6) is 0.0924. The van der Waals surface area contributed by atoms with Crippen molar-refractivity contribution in [3.63, 3.8) is 0 Å². The molecule has 1 amide bonds. The van der Waals surface area contributed by atoms with Gasteiger partial charge in [0.25, 0.3) is 0 Å². The molecule has 29 heavy (non-hydrogen) atoms. The number of ether oxygens (including phenoxy) is 2. The summed E-state index contributed by atoms with van der Waals surface area (Å²) in [6.07, 6.45) is 1.04. The molecular weight excluding hydrogens is 399 g/mol. The standard InChI is InChI=1S/C20H23FN2O5S/c1-13(15-4-6-16(21)7-5-15)22-20(24)14(2)23(29(3,25)26)17-8-9-18-19(12-17)28-11-10-27-18/h4-9,12-14H,10-11H2,1-3H3,(H,22,24)/t13-,14+/m1/s1. The van der Waals surface area contributed by atoms with Gasteiger partial charge in [-0.1, -0.05) is 12.1 Å². The Balaban J connectivity index is 1.83. The third kappa shape index (κ3) is 4.79. The highest BCUT2D eigenvalue weighted by molar-refractivity contribution is 7.92. The van der Waals surface area contributed by atoms with Crippen LogP contribution in [0.5, 0.6) is 11.5 Å². The molecule has 2 aromatic rings. The topological polar surface area (TPSA) is 84.9 Å². The van der Waals surface area contributed by atoms with E-state index in [-0.39, 0.29) is 5.82 Å². The number of benzene rings is 2. The van der Waals surface area contributed by atoms with Gasteiger partial charge in [-0.2, -0.15) is 0 Å². The molecule has 0 radical (unpaired) electrons. The number of hydrogen-bond donors (Lipinski definition) is 1. The maximum absolute atomic E-state index is 13.1. The Morgan fingerprint density at radius 1 is 1.07 bits per heavy atom. The van der Waals surface area contributed by atoms with Crippen LogP contribution < -0.4 is 19.1 Å². The molecular formula is C20H23FN2O5S. The van der Waals surface area contributed by atoms with Gasteiger partial charge in [0.15, 0.2) is 11.5 Å². The average molecular weight is 422 g/mol. The Morgan fingerprint density at radius 2 is 1.69 bits per heavy atom. The molecule has 2 aromatic carbocycles. The van der Waals surface area contributed by atoms with Crippen LogP contribution in [0.1, 0.15) is 25.5 Å². The summed E-state index contributed by atoms with van der Waals surface area (Å²) in [4.78, 5) is 12.8. The minimum Gasteiger partial charge on any atom is -0.486 e. The summed E-state index contributed by atoms with van der Waals surface area (Å²) in [5.41, 5.74) is 1.01. The van der Waals surface area contributed by atoms with Crippen LogP contribution >= 0.6 is 0 Å². The molecule has 0 aromatic heterocycles. The minimum atomic E-state index is -3.77. The number of nitrogens with one attached hydrogen (secondary N) is 1. The molecule has 0 saturated carbocycles. The van der Waals surface area contributed by atoms with Gasteiger partial charge in [0.1, 0.15) is 25.1 Å². The van der Waals surface area contributed by atoms with E-state index in [2.05, 4.69) is 5.32 Å². The summed E-state index contributed by atoms with van der Waals surface area (Å²) in [6.45, 7) is 4.03. The van der Waals surface area contributed by atoms with Gasteiger partial charge in [-0.3, -0.25) is 9.10 Å². The van der Waals surface area contributed by atoms with E-state index >= 15 is 0 Å². The van der Waals surface area contributed by atoms with Crippen LogP contribution in [0.3, 0.4) is 0 Å². The van der Waals surface area contributed by atoms with Crippen LogP contribution in [-0.4, -0.2) is 39.8 Å². The minimum absolute atomic E-state index is 0.300. The maximum atomic E-state index is 13.1. The second-order valence-electron chi connectivity index (χ2n) is 6.84. The number of rotatable bonds is 6. The van der Waals surface area contributed by atoms with E-state index in [1.165, 1.54) is 19.1 Å². The van der Waals surface area contributed by atoms with Crippen molar-refractivity contribution < 1.29 is 27.1 Å². The first-order chi connectivity index (χ1) is 13.7. The number of amides is 1. The third-order valence-corrected chi connectivity index (χ3v) is 5.84. The lowest BCUT2D eigenvalue weighted by Crippen LogP contribution is -2.48. The zero-order chi connectivity index (χ0) is 21.2. The molecule has 0 aliphatic carbocycles. The maximum Gasteiger partial charge on any atom is 0.244 e. The number of nitrogens with zero attached hydrogens (tertiary/aromatic N) is 1. The molecule has 9 heteroatoms. The molecule has 1 aliphatic rings. The van der Waals surface area contributed by atoms with Gasteiger partial charge in [0.2, 0.25) is 15.9 Å². The third-order valence-electron chi connectivity index (χ3n) is 4.60. The normalized spacial score (nSPS) is 15.3. The number of carbonyl (C=O) groups is 1. The molecule has 0 saturated heterocycles. The van der Waals surface area contributed by atoms with Gasteiger partial charge in [-0.15, -0.1) is 0 Å². The van der Waals surface area contributed by atoms with Crippen molar-refractivity contribution in [3.8, 4) is 11.5 Å². The van der Waals surface area contributed by atoms with Crippen LogP contribution in [0.4, 0.5) is 10.1 Å². The van der Waals surface area contributed by atoms with Crippen LogP contribution in [0.2, 0.25) is 0 Å². The largest absolute Gasteiger partial charge is 0.486 e. The van der Waals surface area contributed by atoms with Crippen LogP contribution in [0, 0.1) is 5.82 Å². The van der Waals surface area contributed by atoms with E-state index in [4.69, 9.17) is 9.47 Å². The van der Waals surface area contributed by atoms with Crippen molar-refractivity contribution in [2.24, 2.45) is 0 Å². The second kappa shape index (κ2) is 8.28. The number of carbonyl (C=O) groups excluding carboxylic acids is 1. The average Bonchev–Trinajstić information content (AvgIpc) is 2.67. The highest BCUT2D eigenvalue weighted by Gasteiger charge is 2.31. The molecule has 2 atom stereocenters. The smallest absolute Gasteiger partial charge is 0.244 e. The molecule has 7 nitrogen and oxygen atoms in total. The van der Waals surface area contributed by atoms with Gasteiger partial charge >= 0.3 is 0 Å². The fraction of sp³-hybridized carbons (Fsp3) is 0.350. The van der Waals surface area contributed by atoms with E-state index in [1.54, 1.807) is 37.3 Å². The van der Waals surface area contributed by atoms with E-state index in [0.29, 0.717) is 36.0 Å². The fourth-order valence-corrected chi connectivity index (χ4v) is 4.31. The summed E-state index contributed by atoms with van der Waals surface area (Å²) in [5, 5.41) is 2.78. The lowest BCUT2D eigenvalue weighted by atomic mass is 10.1. The van der Waals surface area contributed by atoms with E-state index < -0.39 is 28.0 Å². The first-order valence-corrected chi connectivity index (χ1v) is 11.0. The zero-order valence-corrected chi connectivity index (χ0v) is 17.2. The highest BCUT2D eigenvalue weighted by Crippen LogP contribution is 2.35. The first-order valence-electron chi connectivity index (χ1n) is 9.11. The lowest BCUT2D eigenvalue weighted by Gasteiger charge is -2.30. The predicted octanol–water partition coefficient (Wildman–Crippen LogP) is 2.63. The zero-order valence-electron chi connectivity index (χ0n) is 16.4. The Labute approximate surface area is 169 Å². The Kier molecular flexibility index (Phi) is 5.97. The van der Waals surface area contributed by atoms with E-state index in [1.807, 2.05) is 0 Å². The van der Waals surface area contributed by atoms with Crippen molar-refractivity contribution in [2.45, 2.75) is 25.9 Å². The number of halogens is 1. The number of hydrogen-bond acceptors (Lipinski definition) is 5. The fourth-order valence-electron chi connectivity index (χ4n) is 3.15. The SMILES string of the molecule is C[C@@H](NC(=O)[C@H](C)N(c1ccc2c(c1)OCCO2)S(C)(=O)=O)c1ccc(F)cc1. The van der Waals surface area contributed by atoms with Crippen molar-refractivity contribution >= 4 is 21.6 Å². The summed E-state index contributed by atoms with van der Waals surface area (Å²) in [6, 6.07) is 9.04. The molecule has 1 N–H and O–H groups in total. The summed E-state index contributed by atoms with van der Waals surface area (Å²) >= 11 is 0. The lowest BCUT2D eigenvalue weighted by molar-refractivity contribution is -0.122. The van der Waals surface area contributed by atoms with Crippen molar-refractivity contribution in [1.82, 2.24) is 5.32 Å². The number of fused-ring (bicyclic) bond motifs is 1. The summed E-state index contributed by atoms with van der Waals surface area (Å²) in [7, 11) is -3.77. The van der Waals surface area contributed by atoms with Crippen molar-refractivity contribution in [3.05, 3.63) is 53.8 Å². The van der Waals surface area contributed by atoms with Crippen LogP contribution in [-0.2, 0) is 14.8 Å². The summed E-state index contributed by atoms with van der Waals surface area (Å²) < 4.78 is 50.1. The van der Waals surface area contributed by atoms with Crippen molar-refractivity contribution in [1.29, 1.82) is 0 Å². The molecule has 156 valence electrons. The highest BCUT2D eigenvalue weighted by atomic mass is 32.2. The molecule has 1 heterocycles. The van der Waals surface area contributed by atoms with E-state index in [0.717, 1.165) is 10.6 Å². The van der Waals surface area contributed by atoms with Gasteiger partial charge in [0.05, 0.1) is 18.0 Å². The van der Waals surface area contributed by atoms with Crippen LogP contribution in [0.15, 0.2) is 42.5 Å².